The van der Waals surface area contributed by atoms with Gasteiger partial charge in [-0.05, 0) is 24.3 Å². The highest BCUT2D eigenvalue weighted by Gasteiger charge is 1.85. The van der Waals surface area contributed by atoms with Crippen LogP contribution in [-0.2, 0) is 0 Å². The molecule has 0 aliphatic rings. The zero-order chi connectivity index (χ0) is 8.10. The van der Waals surface area contributed by atoms with E-state index in [1.807, 2.05) is 24.3 Å². The van der Waals surface area contributed by atoms with E-state index in [1.54, 1.807) is 0 Å². The first-order valence-electron chi connectivity index (χ1n) is 3.13. The minimum atomic E-state index is 0.385. The molecule has 0 N–H and O–H groups in total. The number of halogens is 2. The minimum absolute atomic E-state index is 0.385. The van der Waals surface area contributed by atoms with Gasteiger partial charge in [0.2, 0.25) is 0 Å². The van der Waals surface area contributed by atoms with Gasteiger partial charge in [-0.25, -0.2) is 0 Å². The number of rotatable bonds is 0. The summed E-state index contributed by atoms with van der Waals surface area (Å²) in [4.78, 5) is 0. The Morgan fingerprint density at radius 2 is 1.91 bits per heavy atom. The van der Waals surface area contributed by atoms with Crippen LogP contribution in [0, 0.1) is 11.8 Å². The summed E-state index contributed by atoms with van der Waals surface area (Å²) in [5.74, 6) is 6.09. The third kappa shape index (κ3) is 2.96. The van der Waals surface area contributed by atoms with Crippen LogP contribution in [0.3, 0.4) is 0 Å². The smallest absolute Gasteiger partial charge is 0.0839 e. The van der Waals surface area contributed by atoms with Gasteiger partial charge in [0.15, 0.2) is 0 Å². The molecule has 1 aromatic rings. The van der Waals surface area contributed by atoms with Crippen LogP contribution in [0.4, 0.5) is 0 Å². The molecule has 11 heavy (non-hydrogen) atoms. The van der Waals surface area contributed by atoms with Crippen molar-refractivity contribution in [2.75, 3.05) is 5.88 Å². The molecule has 2 heteroatoms. The van der Waals surface area contributed by atoms with Crippen molar-refractivity contribution in [3.8, 4) is 11.8 Å². The van der Waals surface area contributed by atoms with Crippen molar-refractivity contribution < 1.29 is 0 Å². The molecular formula is C9H6BrCl. The lowest BCUT2D eigenvalue weighted by Gasteiger charge is -1.89. The first-order chi connectivity index (χ1) is 5.33. The van der Waals surface area contributed by atoms with E-state index in [0.717, 1.165) is 10.0 Å². The van der Waals surface area contributed by atoms with Crippen molar-refractivity contribution in [1.82, 2.24) is 0 Å². The third-order valence-electron chi connectivity index (χ3n) is 1.14. The predicted molar refractivity (Wildman–Crippen MR) is 51.7 cm³/mol. The maximum atomic E-state index is 5.40. The monoisotopic (exact) mass is 228 g/mol. The first kappa shape index (κ1) is 8.64. The van der Waals surface area contributed by atoms with E-state index in [-0.39, 0.29) is 0 Å². The lowest BCUT2D eigenvalue weighted by atomic mass is 10.2. The summed E-state index contributed by atoms with van der Waals surface area (Å²) in [6.45, 7) is 0. The zero-order valence-corrected chi connectivity index (χ0v) is 8.11. The van der Waals surface area contributed by atoms with Crippen molar-refractivity contribution >= 4 is 27.5 Å². The van der Waals surface area contributed by atoms with E-state index in [9.17, 15) is 0 Å². The van der Waals surface area contributed by atoms with Crippen LogP contribution < -0.4 is 0 Å². The molecule has 0 fully saturated rings. The van der Waals surface area contributed by atoms with Crippen molar-refractivity contribution in [3.05, 3.63) is 34.3 Å². The fraction of sp³-hybridized carbons (Fsp3) is 0.111. The fourth-order valence-corrected chi connectivity index (χ4v) is 1.000. The molecule has 0 atom stereocenters. The molecule has 0 amide bonds. The minimum Gasteiger partial charge on any atom is -0.113 e. The molecule has 0 saturated carbocycles. The largest absolute Gasteiger partial charge is 0.113 e. The second kappa shape index (κ2) is 4.43. The van der Waals surface area contributed by atoms with Gasteiger partial charge in [-0.3, -0.25) is 0 Å². The number of benzene rings is 1. The maximum absolute atomic E-state index is 5.40. The molecule has 0 spiro atoms. The van der Waals surface area contributed by atoms with E-state index in [0.29, 0.717) is 5.88 Å². The highest BCUT2D eigenvalue weighted by Crippen LogP contribution is 2.09. The van der Waals surface area contributed by atoms with Gasteiger partial charge in [0.1, 0.15) is 0 Å². The Bertz CT molecular complexity index is 279. The average molecular weight is 230 g/mol. The standard InChI is InChI=1S/C9H6BrCl/c10-9-5-3-8(4-6-9)2-1-7-11/h3-6H,7H2. The molecule has 1 aromatic carbocycles. The van der Waals surface area contributed by atoms with E-state index < -0.39 is 0 Å². The molecule has 0 aliphatic heterocycles. The summed E-state index contributed by atoms with van der Waals surface area (Å²) in [6, 6.07) is 7.81. The van der Waals surface area contributed by atoms with Crippen molar-refractivity contribution in [2.24, 2.45) is 0 Å². The fourth-order valence-electron chi connectivity index (χ4n) is 0.669. The molecule has 0 heterocycles. The summed E-state index contributed by atoms with van der Waals surface area (Å²) >= 11 is 8.74. The molecular weight excluding hydrogens is 223 g/mol. The van der Waals surface area contributed by atoms with Crippen molar-refractivity contribution in [2.45, 2.75) is 0 Å². The van der Waals surface area contributed by atoms with Crippen LogP contribution in [0.2, 0.25) is 0 Å². The Hall–Kier alpha value is -0.450. The van der Waals surface area contributed by atoms with Gasteiger partial charge >= 0.3 is 0 Å². The topological polar surface area (TPSA) is 0 Å². The average Bonchev–Trinajstić information content (AvgIpc) is 2.04. The lowest BCUT2D eigenvalue weighted by molar-refractivity contribution is 1.60. The predicted octanol–water partition coefficient (Wildman–Crippen LogP) is 3.04. The third-order valence-corrected chi connectivity index (χ3v) is 1.81. The van der Waals surface area contributed by atoms with Crippen LogP contribution in [0.15, 0.2) is 28.7 Å². The van der Waals surface area contributed by atoms with Crippen LogP contribution in [0.1, 0.15) is 5.56 Å². The Morgan fingerprint density at radius 1 is 1.27 bits per heavy atom. The van der Waals surface area contributed by atoms with E-state index >= 15 is 0 Å². The molecule has 0 saturated heterocycles. The Balaban J connectivity index is 2.82. The van der Waals surface area contributed by atoms with Crippen LogP contribution in [0.5, 0.6) is 0 Å². The van der Waals surface area contributed by atoms with Gasteiger partial charge in [0.05, 0.1) is 5.88 Å². The van der Waals surface area contributed by atoms with Crippen molar-refractivity contribution in [3.63, 3.8) is 0 Å². The molecule has 56 valence electrons. The van der Waals surface area contributed by atoms with Crippen LogP contribution in [0.25, 0.3) is 0 Å². The van der Waals surface area contributed by atoms with E-state index in [1.165, 1.54) is 0 Å². The number of hydrogen-bond donors (Lipinski definition) is 0. The highest BCUT2D eigenvalue weighted by atomic mass is 79.9. The Kier molecular flexibility index (Phi) is 3.48. The first-order valence-corrected chi connectivity index (χ1v) is 4.46. The van der Waals surface area contributed by atoms with E-state index in [4.69, 9.17) is 11.6 Å². The van der Waals surface area contributed by atoms with Gasteiger partial charge in [0, 0.05) is 10.0 Å². The molecule has 1 rings (SSSR count). The quantitative estimate of drug-likeness (QED) is 0.474. The summed E-state index contributed by atoms with van der Waals surface area (Å²) in [6.07, 6.45) is 0. The number of hydrogen-bond acceptors (Lipinski definition) is 0. The Morgan fingerprint density at radius 3 is 2.45 bits per heavy atom. The SMILES string of the molecule is ClCC#Cc1ccc(Br)cc1. The van der Waals surface area contributed by atoms with Crippen LogP contribution in [-0.4, -0.2) is 5.88 Å². The maximum Gasteiger partial charge on any atom is 0.0839 e. The molecule has 0 radical (unpaired) electrons. The molecule has 0 bridgehead atoms. The normalized spacial score (nSPS) is 8.55. The highest BCUT2D eigenvalue weighted by molar-refractivity contribution is 9.10. The molecule has 0 nitrogen and oxygen atoms in total. The van der Waals surface area contributed by atoms with Gasteiger partial charge in [0.25, 0.3) is 0 Å². The lowest BCUT2D eigenvalue weighted by Crippen LogP contribution is -1.72. The second-order valence-electron chi connectivity index (χ2n) is 1.94. The van der Waals surface area contributed by atoms with E-state index in [2.05, 4.69) is 27.8 Å². The van der Waals surface area contributed by atoms with Crippen molar-refractivity contribution in [1.29, 1.82) is 0 Å². The van der Waals surface area contributed by atoms with Gasteiger partial charge < -0.3 is 0 Å². The van der Waals surface area contributed by atoms with Gasteiger partial charge in [-0.1, -0.05) is 27.8 Å². The van der Waals surface area contributed by atoms with Crippen LogP contribution >= 0.6 is 27.5 Å². The summed E-state index contributed by atoms with van der Waals surface area (Å²) < 4.78 is 1.06. The van der Waals surface area contributed by atoms with Gasteiger partial charge in [-0.2, -0.15) is 0 Å². The molecule has 0 aromatic heterocycles. The van der Waals surface area contributed by atoms with Gasteiger partial charge in [-0.15, -0.1) is 11.6 Å². The molecule has 0 unspecified atom stereocenters. The number of alkyl halides is 1. The summed E-state index contributed by atoms with van der Waals surface area (Å²) in [5, 5.41) is 0. The summed E-state index contributed by atoms with van der Waals surface area (Å²) in [7, 11) is 0. The molecule has 0 aliphatic carbocycles. The summed E-state index contributed by atoms with van der Waals surface area (Å²) in [5.41, 5.74) is 0.994. The Labute approximate surface area is 79.7 Å². The zero-order valence-electron chi connectivity index (χ0n) is 5.77. The second-order valence-corrected chi connectivity index (χ2v) is 3.13.